The molecule has 2 aromatic rings. The molecular weight excluding hydrogens is 366 g/mol. The number of aliphatic hydroxyl groups is 1. The van der Waals surface area contributed by atoms with Crippen molar-refractivity contribution in [1.29, 1.82) is 0 Å². The van der Waals surface area contributed by atoms with E-state index >= 15 is 0 Å². The number of rotatable bonds is 4. The molecule has 0 radical (unpaired) electrons. The Morgan fingerprint density at radius 1 is 1.43 bits per heavy atom. The van der Waals surface area contributed by atoms with Gasteiger partial charge in [0.2, 0.25) is 0 Å². The second-order valence-corrected chi connectivity index (χ2v) is 6.35. The van der Waals surface area contributed by atoms with Crippen molar-refractivity contribution < 1.29 is 10.0 Å². The summed E-state index contributed by atoms with van der Waals surface area (Å²) in [7, 11) is 0. The van der Waals surface area contributed by atoms with Crippen LogP contribution in [0.15, 0.2) is 29.1 Å². The van der Waals surface area contributed by atoms with Gasteiger partial charge in [0.15, 0.2) is 0 Å². The van der Waals surface area contributed by atoms with Crippen LogP contribution >= 0.6 is 15.9 Å². The predicted molar refractivity (Wildman–Crippen MR) is 87.1 cm³/mol. The zero-order valence-electron chi connectivity index (χ0n) is 12.2. The molecule has 1 atom stereocenters. The first-order valence-electron chi connectivity index (χ1n) is 7.28. The van der Waals surface area contributed by atoms with Gasteiger partial charge in [-0.2, -0.15) is 0 Å². The maximum absolute atomic E-state index is 10.8. The van der Waals surface area contributed by atoms with E-state index in [0.29, 0.717) is 16.1 Å². The second kappa shape index (κ2) is 6.63. The van der Waals surface area contributed by atoms with E-state index in [9.17, 15) is 15.2 Å². The number of halogens is 1. The lowest BCUT2D eigenvalue weighted by atomic mass is 9.91. The van der Waals surface area contributed by atoms with Crippen molar-refractivity contribution in [3.05, 3.63) is 45.1 Å². The van der Waals surface area contributed by atoms with E-state index in [1.807, 2.05) is 0 Å². The van der Waals surface area contributed by atoms with Crippen LogP contribution in [-0.2, 0) is 0 Å². The van der Waals surface area contributed by atoms with E-state index in [-0.39, 0.29) is 11.6 Å². The maximum Gasteiger partial charge on any atom is 0.288 e. The Balaban J connectivity index is 1.66. The Hall–Kier alpha value is -2.00. The molecule has 0 amide bonds. The van der Waals surface area contributed by atoms with Gasteiger partial charge in [0.25, 0.3) is 5.69 Å². The summed E-state index contributed by atoms with van der Waals surface area (Å²) in [5, 5.41) is 21.1. The molecule has 8 nitrogen and oxygen atoms in total. The smallest absolute Gasteiger partial charge is 0.288 e. The molecular formula is C14H16BrN5O3. The molecule has 1 fully saturated rings. The van der Waals surface area contributed by atoms with E-state index in [1.165, 1.54) is 12.3 Å². The van der Waals surface area contributed by atoms with Gasteiger partial charge in [-0.1, -0.05) is 0 Å². The van der Waals surface area contributed by atoms with E-state index in [1.54, 1.807) is 12.4 Å². The summed E-state index contributed by atoms with van der Waals surface area (Å²) in [5.41, 5.74) is -0.0382. The molecule has 0 aliphatic carbocycles. The molecule has 0 bridgehead atoms. The first-order valence-corrected chi connectivity index (χ1v) is 8.08. The molecule has 3 rings (SSSR count). The van der Waals surface area contributed by atoms with Gasteiger partial charge >= 0.3 is 0 Å². The number of anilines is 1. The molecule has 1 saturated heterocycles. The normalized spacial score (nSPS) is 17.2. The number of aromatic nitrogens is 3. The van der Waals surface area contributed by atoms with Crippen LogP contribution in [0, 0.1) is 16.0 Å². The summed E-state index contributed by atoms with van der Waals surface area (Å²) in [6.07, 6.45) is 5.60. The van der Waals surface area contributed by atoms with Gasteiger partial charge in [0, 0.05) is 31.5 Å². The number of H-pyrrole nitrogens is 1. The van der Waals surface area contributed by atoms with Crippen LogP contribution in [0.3, 0.4) is 0 Å². The number of hydrogen-bond donors (Lipinski definition) is 2. The number of nitro groups is 1. The van der Waals surface area contributed by atoms with E-state index in [0.717, 1.165) is 25.9 Å². The summed E-state index contributed by atoms with van der Waals surface area (Å²) in [4.78, 5) is 23.6. The zero-order chi connectivity index (χ0) is 16.4. The van der Waals surface area contributed by atoms with Gasteiger partial charge in [-0.3, -0.25) is 10.1 Å². The highest BCUT2D eigenvalue weighted by Gasteiger charge is 2.29. The summed E-state index contributed by atoms with van der Waals surface area (Å²) in [6.45, 7) is 1.46. The molecule has 1 unspecified atom stereocenters. The second-order valence-electron chi connectivity index (χ2n) is 5.50. The average molecular weight is 382 g/mol. The topological polar surface area (TPSA) is 108 Å². The molecule has 23 heavy (non-hydrogen) atoms. The molecule has 2 aromatic heterocycles. The van der Waals surface area contributed by atoms with E-state index in [2.05, 4.69) is 35.8 Å². The number of aliphatic hydroxyl groups excluding tert-OH is 1. The van der Waals surface area contributed by atoms with Crippen LogP contribution in [0.1, 0.15) is 24.8 Å². The summed E-state index contributed by atoms with van der Waals surface area (Å²) >= 11 is 3.35. The van der Waals surface area contributed by atoms with Crippen molar-refractivity contribution in [3.8, 4) is 0 Å². The summed E-state index contributed by atoms with van der Waals surface area (Å²) < 4.78 is 0.608. The monoisotopic (exact) mass is 381 g/mol. The molecule has 3 heterocycles. The van der Waals surface area contributed by atoms with Gasteiger partial charge < -0.3 is 15.0 Å². The van der Waals surface area contributed by atoms with Crippen molar-refractivity contribution in [3.63, 3.8) is 0 Å². The van der Waals surface area contributed by atoms with Gasteiger partial charge in [-0.15, -0.1) is 0 Å². The summed E-state index contributed by atoms with van der Waals surface area (Å²) in [5.74, 6) is 1.42. The largest absolute Gasteiger partial charge is 0.385 e. The highest BCUT2D eigenvalue weighted by Crippen LogP contribution is 2.33. The number of piperidine rings is 1. The predicted octanol–water partition coefficient (Wildman–Crippen LogP) is 2.43. The highest BCUT2D eigenvalue weighted by atomic mass is 79.9. The molecule has 122 valence electrons. The lowest BCUT2D eigenvalue weighted by molar-refractivity contribution is -0.385. The van der Waals surface area contributed by atoms with E-state index in [4.69, 9.17) is 0 Å². The third-order valence-electron chi connectivity index (χ3n) is 4.10. The SMILES string of the molecule is O=[N+]([O-])c1cnc(N2CCC(C(O)c3ncc[nH]3)CC2)c(Br)c1. The molecule has 1 aliphatic heterocycles. The van der Waals surface area contributed by atoms with Crippen LogP contribution in [0.25, 0.3) is 0 Å². The third-order valence-corrected chi connectivity index (χ3v) is 4.69. The third kappa shape index (κ3) is 3.35. The van der Waals surface area contributed by atoms with Crippen molar-refractivity contribution >= 4 is 27.4 Å². The fraction of sp³-hybridized carbons (Fsp3) is 0.429. The number of imidazole rings is 1. The van der Waals surface area contributed by atoms with Gasteiger partial charge in [0.1, 0.15) is 23.9 Å². The van der Waals surface area contributed by atoms with Gasteiger partial charge in [-0.05, 0) is 34.7 Å². The molecule has 0 saturated carbocycles. The maximum atomic E-state index is 10.8. The summed E-state index contributed by atoms with van der Waals surface area (Å²) in [6, 6.07) is 1.46. The van der Waals surface area contributed by atoms with Gasteiger partial charge in [-0.25, -0.2) is 9.97 Å². The van der Waals surface area contributed by atoms with Crippen LogP contribution < -0.4 is 4.90 Å². The fourth-order valence-electron chi connectivity index (χ4n) is 2.84. The molecule has 9 heteroatoms. The molecule has 2 N–H and O–H groups in total. The van der Waals surface area contributed by atoms with Gasteiger partial charge in [0.05, 0.1) is 9.40 Å². The number of pyridine rings is 1. The molecule has 0 spiro atoms. The van der Waals surface area contributed by atoms with E-state index < -0.39 is 11.0 Å². The zero-order valence-corrected chi connectivity index (χ0v) is 13.8. The number of nitrogens with one attached hydrogen (secondary N) is 1. The number of nitrogens with zero attached hydrogens (tertiary/aromatic N) is 4. The van der Waals surface area contributed by atoms with Crippen molar-refractivity contribution in [1.82, 2.24) is 15.0 Å². The van der Waals surface area contributed by atoms with Crippen molar-refractivity contribution in [2.24, 2.45) is 5.92 Å². The fourth-order valence-corrected chi connectivity index (χ4v) is 3.43. The number of aromatic amines is 1. The lowest BCUT2D eigenvalue weighted by Crippen LogP contribution is -2.36. The molecule has 1 aliphatic rings. The Bertz CT molecular complexity index is 686. The Kier molecular flexibility index (Phi) is 4.58. The van der Waals surface area contributed by atoms with Crippen LogP contribution in [-0.4, -0.2) is 38.1 Å². The average Bonchev–Trinajstić information content (AvgIpc) is 3.08. The highest BCUT2D eigenvalue weighted by molar-refractivity contribution is 9.10. The number of hydrogen-bond acceptors (Lipinski definition) is 6. The van der Waals surface area contributed by atoms with Crippen molar-refractivity contribution in [2.45, 2.75) is 18.9 Å². The van der Waals surface area contributed by atoms with Crippen LogP contribution in [0.2, 0.25) is 0 Å². The van der Waals surface area contributed by atoms with Crippen molar-refractivity contribution in [2.75, 3.05) is 18.0 Å². The van der Waals surface area contributed by atoms with Crippen LogP contribution in [0.4, 0.5) is 11.5 Å². The lowest BCUT2D eigenvalue weighted by Gasteiger charge is -2.34. The molecule has 0 aromatic carbocycles. The minimum absolute atomic E-state index is 0.0382. The Labute approximate surface area is 140 Å². The minimum atomic E-state index is -0.597. The first-order chi connectivity index (χ1) is 11.1. The quantitative estimate of drug-likeness (QED) is 0.621. The van der Waals surface area contributed by atoms with Crippen LogP contribution in [0.5, 0.6) is 0 Å². The first kappa shape index (κ1) is 15.9. The minimum Gasteiger partial charge on any atom is -0.385 e. The Morgan fingerprint density at radius 2 is 2.17 bits per heavy atom. The Morgan fingerprint density at radius 3 is 2.74 bits per heavy atom. The standard InChI is InChI=1S/C14H16BrN5O3/c15-11-7-10(20(22)23)8-18-14(11)19-5-1-9(2-6-19)12(21)13-16-3-4-17-13/h3-4,7-9,12,21H,1-2,5-6H2,(H,16,17).